The monoisotopic (exact) mass is 479 g/mol. The first kappa shape index (κ1) is 27.1. The molecule has 1 saturated carbocycles. The number of aliphatic hydroxyl groups excluding tert-OH is 6. The Labute approximate surface area is 193 Å². The molecule has 33 heavy (non-hydrogen) atoms. The summed E-state index contributed by atoms with van der Waals surface area (Å²) in [7, 11) is 1.65. The lowest BCUT2D eigenvalue weighted by molar-refractivity contribution is -0.315. The Morgan fingerprint density at radius 2 is 1.58 bits per heavy atom. The summed E-state index contributed by atoms with van der Waals surface area (Å²) in [5.41, 5.74) is 12.4. The Bertz CT molecular complexity index is 639. The van der Waals surface area contributed by atoms with Crippen molar-refractivity contribution in [3.63, 3.8) is 0 Å². The minimum absolute atomic E-state index is 0.295. The summed E-state index contributed by atoms with van der Waals surface area (Å²) in [5, 5.41) is 64.9. The highest BCUT2D eigenvalue weighted by atomic mass is 16.7. The zero-order valence-corrected chi connectivity index (χ0v) is 19.0. The van der Waals surface area contributed by atoms with Crippen LogP contribution in [0.15, 0.2) is 0 Å². The van der Waals surface area contributed by atoms with Crippen molar-refractivity contribution in [2.45, 2.75) is 118 Å². The zero-order chi connectivity index (χ0) is 24.6. The molecule has 0 aromatic heterocycles. The first-order valence-electron chi connectivity index (χ1n) is 11.4. The van der Waals surface area contributed by atoms with Gasteiger partial charge in [0.15, 0.2) is 20.6 Å². The molecule has 0 radical (unpaired) electrons. The second-order valence-electron chi connectivity index (χ2n) is 9.19. The number of hydrogen-bond donors (Lipinski definition) is 9. The second-order valence-corrected chi connectivity index (χ2v) is 9.19. The molecule has 3 aliphatic rings. The van der Waals surface area contributed by atoms with E-state index < -0.39 is 91.7 Å². The van der Waals surface area contributed by atoms with Gasteiger partial charge in [0.2, 0.25) is 0 Å². The van der Waals surface area contributed by atoms with Gasteiger partial charge < -0.3 is 66.3 Å². The van der Waals surface area contributed by atoms with Gasteiger partial charge in [-0.2, -0.15) is 0 Å². The van der Waals surface area contributed by atoms with E-state index in [-0.39, 0.29) is 0 Å². The van der Waals surface area contributed by atoms with E-state index in [1.54, 1.807) is 14.9 Å². The number of hydrogen-bond acceptors (Lipinski definition) is 13. The minimum Gasteiger partial charge on any atom is -0.391 e. The molecule has 14 unspecified atom stereocenters. The Balaban J connectivity index is 1.81. The van der Waals surface area contributed by atoms with E-state index in [9.17, 15) is 30.6 Å². The first-order chi connectivity index (χ1) is 15.5. The smallest absolute Gasteiger partial charge is 0.187 e. The molecular formula is C19H38BN3O10. The van der Waals surface area contributed by atoms with E-state index in [1.165, 1.54) is 6.92 Å². The fourth-order valence-electron chi connectivity index (χ4n) is 4.76. The van der Waals surface area contributed by atoms with Crippen molar-refractivity contribution in [2.24, 2.45) is 11.5 Å². The number of nitrogens with one attached hydrogen (secondary N) is 1. The summed E-state index contributed by atoms with van der Waals surface area (Å²) in [5.74, 6) is 0. The van der Waals surface area contributed by atoms with Crippen LogP contribution in [0.5, 0.6) is 0 Å². The van der Waals surface area contributed by atoms with E-state index in [0.29, 0.717) is 12.8 Å². The van der Waals surface area contributed by atoms with E-state index in [2.05, 4.69) is 5.23 Å². The van der Waals surface area contributed by atoms with Gasteiger partial charge in [-0.1, -0.05) is 6.92 Å². The lowest BCUT2D eigenvalue weighted by Crippen LogP contribution is -2.68. The Morgan fingerprint density at radius 1 is 0.939 bits per heavy atom. The summed E-state index contributed by atoms with van der Waals surface area (Å²) in [6.45, 7) is 3.18. The third-order valence-electron chi connectivity index (χ3n) is 6.86. The van der Waals surface area contributed by atoms with Crippen molar-refractivity contribution in [3.05, 3.63) is 0 Å². The fourth-order valence-corrected chi connectivity index (χ4v) is 4.76. The van der Waals surface area contributed by atoms with Crippen molar-refractivity contribution in [1.29, 1.82) is 0 Å². The molecule has 11 N–H and O–H groups in total. The highest BCUT2D eigenvalue weighted by molar-refractivity contribution is 6.04. The van der Waals surface area contributed by atoms with E-state index in [0.717, 1.165) is 0 Å². The maximum absolute atomic E-state index is 11.0. The average Bonchev–Trinajstić information content (AvgIpc) is 3.05. The van der Waals surface area contributed by atoms with Crippen LogP contribution in [0.1, 0.15) is 26.7 Å². The molecule has 3 rings (SSSR count). The third-order valence-corrected chi connectivity index (χ3v) is 6.86. The lowest BCUT2D eigenvalue weighted by Gasteiger charge is -2.48. The standard InChI is InChI=1S/C19H38BN3O10/c1-3-8-11(26)14(29)19(30-8)33-17-10(25)7(23-20)4-6(21)16(17)32-18-9(22)12(27)13(28)15(31-18)5(2)24/h5-19,23-29H,3-4,20-22H2,1-2H3/t5-,6?,7?,8?,9?,10?,11?,12?,13?,14?,15?,16?,17?,18?,19?/m1/s1. The van der Waals surface area contributed by atoms with E-state index in [4.69, 9.17) is 30.4 Å². The molecule has 0 bridgehead atoms. The Kier molecular flexibility index (Phi) is 9.11. The highest BCUT2D eigenvalue weighted by Gasteiger charge is 2.52. The molecule has 192 valence electrons. The van der Waals surface area contributed by atoms with Gasteiger partial charge in [0.05, 0.1) is 24.4 Å². The first-order valence-corrected chi connectivity index (χ1v) is 11.4. The molecule has 0 aromatic rings. The number of rotatable bonds is 7. The van der Waals surface area contributed by atoms with Crippen molar-refractivity contribution in [1.82, 2.24) is 5.23 Å². The molecule has 0 amide bonds. The van der Waals surface area contributed by atoms with Crippen LogP contribution in [0, 0.1) is 0 Å². The van der Waals surface area contributed by atoms with E-state index >= 15 is 0 Å². The Hall–Kier alpha value is -0.455. The largest absolute Gasteiger partial charge is 0.391 e. The van der Waals surface area contributed by atoms with Crippen LogP contribution in [-0.4, -0.2) is 130 Å². The highest BCUT2D eigenvalue weighted by Crippen LogP contribution is 2.33. The van der Waals surface area contributed by atoms with Crippen molar-refractivity contribution >= 4 is 7.98 Å². The van der Waals surface area contributed by atoms with Crippen molar-refractivity contribution in [3.8, 4) is 0 Å². The maximum atomic E-state index is 11.0. The normalized spacial score (nSPS) is 52.1. The molecule has 0 aromatic carbocycles. The van der Waals surface area contributed by atoms with Gasteiger partial charge in [-0.3, -0.25) is 0 Å². The molecule has 2 saturated heterocycles. The molecule has 13 nitrogen and oxygen atoms in total. The fraction of sp³-hybridized carbons (Fsp3) is 1.00. The van der Waals surface area contributed by atoms with Crippen LogP contribution in [0.3, 0.4) is 0 Å². The van der Waals surface area contributed by atoms with Gasteiger partial charge in [-0.25, -0.2) is 0 Å². The summed E-state index contributed by atoms with van der Waals surface area (Å²) in [6, 6.07) is -2.33. The van der Waals surface area contributed by atoms with Gasteiger partial charge in [0.1, 0.15) is 42.7 Å². The van der Waals surface area contributed by atoms with Crippen LogP contribution in [0.2, 0.25) is 0 Å². The number of nitrogens with two attached hydrogens (primary N) is 2. The van der Waals surface area contributed by atoms with E-state index in [1.807, 2.05) is 0 Å². The van der Waals surface area contributed by atoms with Crippen LogP contribution >= 0.6 is 0 Å². The quantitative estimate of drug-likeness (QED) is 0.156. The van der Waals surface area contributed by atoms with Gasteiger partial charge in [0, 0.05) is 12.1 Å². The molecule has 15 atom stereocenters. The lowest BCUT2D eigenvalue weighted by atomic mass is 9.83. The van der Waals surface area contributed by atoms with Crippen LogP contribution in [0.25, 0.3) is 0 Å². The van der Waals surface area contributed by atoms with Crippen molar-refractivity contribution < 1.29 is 49.6 Å². The van der Waals surface area contributed by atoms with Gasteiger partial charge >= 0.3 is 0 Å². The van der Waals surface area contributed by atoms with Gasteiger partial charge in [-0.15, -0.1) is 0 Å². The molecule has 0 spiro atoms. The summed E-state index contributed by atoms with van der Waals surface area (Å²) < 4.78 is 23.2. The van der Waals surface area contributed by atoms with Crippen molar-refractivity contribution in [2.75, 3.05) is 0 Å². The SMILES string of the molecule is BNC1CC(N)C(OC2OC([C@@H](C)O)C(O)C(O)C2N)C(OC2OC(CC)C(O)C2O)C1O. The number of ether oxygens (including phenoxy) is 4. The maximum Gasteiger partial charge on any atom is 0.187 e. The predicted molar refractivity (Wildman–Crippen MR) is 115 cm³/mol. The molecule has 1 aliphatic carbocycles. The molecule has 2 heterocycles. The zero-order valence-electron chi connectivity index (χ0n) is 19.0. The van der Waals surface area contributed by atoms with Crippen LogP contribution in [-0.2, 0) is 18.9 Å². The summed E-state index contributed by atoms with van der Waals surface area (Å²) in [4.78, 5) is 0. The average molecular weight is 479 g/mol. The predicted octanol–water partition coefficient (Wildman–Crippen LogP) is -5.63. The summed E-state index contributed by atoms with van der Waals surface area (Å²) >= 11 is 0. The topological polar surface area (TPSA) is 222 Å². The van der Waals surface area contributed by atoms with Crippen LogP contribution in [0.4, 0.5) is 0 Å². The minimum atomic E-state index is -1.45. The van der Waals surface area contributed by atoms with Gasteiger partial charge in [0.25, 0.3) is 0 Å². The molecular weight excluding hydrogens is 441 g/mol. The number of aliphatic hydroxyl groups is 6. The second kappa shape index (κ2) is 11.1. The molecule has 3 fully saturated rings. The molecule has 14 heteroatoms. The molecule has 2 aliphatic heterocycles. The Morgan fingerprint density at radius 3 is 2.12 bits per heavy atom. The summed E-state index contributed by atoms with van der Waals surface area (Å²) in [6.07, 6.45) is -13.4. The van der Waals surface area contributed by atoms with Crippen LogP contribution < -0.4 is 16.7 Å². The third kappa shape index (κ3) is 5.38. The van der Waals surface area contributed by atoms with Gasteiger partial charge in [-0.05, 0) is 19.8 Å².